The summed E-state index contributed by atoms with van der Waals surface area (Å²) in [4.78, 5) is 26.8. The van der Waals surface area contributed by atoms with Crippen molar-refractivity contribution in [3.05, 3.63) is 108 Å². The maximum Gasteiger partial charge on any atom is 0.267 e. The van der Waals surface area contributed by atoms with Crippen molar-refractivity contribution in [2.45, 2.75) is 4.90 Å². The van der Waals surface area contributed by atoms with Crippen LogP contribution in [0.2, 0.25) is 0 Å². The van der Waals surface area contributed by atoms with E-state index in [0.717, 1.165) is 21.6 Å². The Labute approximate surface area is 234 Å². The third-order valence-corrected chi connectivity index (χ3v) is 7.72. The molecule has 4 rings (SSSR count). The van der Waals surface area contributed by atoms with E-state index in [2.05, 4.69) is 10.6 Å². The number of rotatable bonds is 10. The van der Waals surface area contributed by atoms with E-state index >= 15 is 0 Å². The Morgan fingerprint density at radius 2 is 1.70 bits per heavy atom. The molecule has 1 aromatic heterocycles. The van der Waals surface area contributed by atoms with Crippen LogP contribution in [0.15, 0.2) is 102 Å². The van der Waals surface area contributed by atoms with E-state index < -0.39 is 10.0 Å². The number of aromatic nitrogens is 1. The van der Waals surface area contributed by atoms with E-state index in [0.29, 0.717) is 29.0 Å². The molecule has 0 bridgehead atoms. The molecule has 206 valence electrons. The van der Waals surface area contributed by atoms with Crippen LogP contribution in [0.4, 0.5) is 11.4 Å². The van der Waals surface area contributed by atoms with Gasteiger partial charge in [0.05, 0.1) is 16.3 Å². The highest BCUT2D eigenvalue weighted by atomic mass is 32.2. The van der Waals surface area contributed by atoms with Crippen molar-refractivity contribution in [3.8, 4) is 11.1 Å². The van der Waals surface area contributed by atoms with Crippen molar-refractivity contribution in [2.24, 2.45) is 0 Å². The maximum atomic E-state index is 13.2. The lowest BCUT2D eigenvalue weighted by molar-refractivity contribution is -0.111. The van der Waals surface area contributed by atoms with E-state index in [9.17, 15) is 18.0 Å². The molecule has 9 nitrogen and oxygen atoms in total. The van der Waals surface area contributed by atoms with Crippen LogP contribution < -0.4 is 16.4 Å². The van der Waals surface area contributed by atoms with Crippen LogP contribution in [0.1, 0.15) is 15.9 Å². The summed E-state index contributed by atoms with van der Waals surface area (Å²) in [5, 5.41) is 5.58. The van der Waals surface area contributed by atoms with Crippen molar-refractivity contribution >= 4 is 39.3 Å². The first-order valence-electron chi connectivity index (χ1n) is 12.5. The summed E-state index contributed by atoms with van der Waals surface area (Å²) in [5.74, 6) is -0.554. The SMILES string of the molecule is CN(C)CCNC(=O)c1cccc(-c2ccc(S(=O)(=O)n3ccc(/C=C/C(=O)Nc4ccccc4N)c3)cc2)c1. The van der Waals surface area contributed by atoms with E-state index in [1.807, 2.05) is 25.1 Å². The standard InChI is InChI=1S/C30H31N5O4S/c1-34(2)19-17-32-30(37)25-7-5-6-24(20-25)23-11-13-26(14-12-23)40(38,39)35-18-16-22(21-35)10-15-29(36)33-28-9-4-3-8-27(28)31/h3-16,18,20-21H,17,19,31H2,1-2H3,(H,32,37)(H,33,36)/b15-10+. The highest BCUT2D eigenvalue weighted by Gasteiger charge is 2.17. The Kier molecular flexibility index (Phi) is 8.83. The zero-order valence-corrected chi connectivity index (χ0v) is 23.1. The molecule has 4 aromatic rings. The monoisotopic (exact) mass is 557 g/mol. The van der Waals surface area contributed by atoms with Crippen molar-refractivity contribution < 1.29 is 18.0 Å². The van der Waals surface area contributed by atoms with Gasteiger partial charge in [0.1, 0.15) is 0 Å². The fourth-order valence-electron chi connectivity index (χ4n) is 3.87. The first kappa shape index (κ1) is 28.3. The van der Waals surface area contributed by atoms with Crippen LogP contribution in [-0.4, -0.2) is 56.3 Å². The smallest absolute Gasteiger partial charge is 0.267 e. The third kappa shape index (κ3) is 7.04. The number of carbonyl (C=O) groups is 2. The van der Waals surface area contributed by atoms with Crippen molar-refractivity contribution in [1.82, 2.24) is 14.2 Å². The lowest BCUT2D eigenvalue weighted by Crippen LogP contribution is -2.31. The molecule has 40 heavy (non-hydrogen) atoms. The Bertz CT molecular complexity index is 1640. The van der Waals surface area contributed by atoms with Gasteiger partial charge in [-0.3, -0.25) is 9.59 Å². The molecule has 4 N–H and O–H groups in total. The van der Waals surface area contributed by atoms with E-state index in [1.54, 1.807) is 60.7 Å². The number of amides is 2. The molecule has 2 amide bonds. The predicted octanol–water partition coefficient (Wildman–Crippen LogP) is 3.92. The number of anilines is 2. The highest BCUT2D eigenvalue weighted by Crippen LogP contribution is 2.24. The van der Waals surface area contributed by atoms with Gasteiger partial charge in [-0.1, -0.05) is 36.4 Å². The van der Waals surface area contributed by atoms with Gasteiger partial charge < -0.3 is 21.3 Å². The number of nitrogens with two attached hydrogens (primary N) is 1. The second-order valence-electron chi connectivity index (χ2n) is 9.35. The molecular formula is C30H31N5O4S. The van der Waals surface area contributed by atoms with Gasteiger partial charge in [-0.25, -0.2) is 12.4 Å². The summed E-state index contributed by atoms with van der Waals surface area (Å²) >= 11 is 0. The summed E-state index contributed by atoms with van der Waals surface area (Å²) in [6.07, 6.45) is 5.69. The largest absolute Gasteiger partial charge is 0.397 e. The number of para-hydroxylation sites is 2. The Hall–Kier alpha value is -4.67. The zero-order valence-electron chi connectivity index (χ0n) is 22.2. The molecule has 0 saturated heterocycles. The van der Waals surface area contributed by atoms with E-state index in [-0.39, 0.29) is 16.7 Å². The van der Waals surface area contributed by atoms with E-state index in [1.165, 1.54) is 36.7 Å². The molecule has 0 radical (unpaired) electrons. The minimum atomic E-state index is -3.85. The van der Waals surface area contributed by atoms with Crippen LogP contribution in [0.3, 0.4) is 0 Å². The van der Waals surface area contributed by atoms with Crippen LogP contribution in [0, 0.1) is 0 Å². The molecule has 0 fully saturated rings. The number of nitrogen functional groups attached to an aromatic ring is 1. The fraction of sp³-hybridized carbons (Fsp3) is 0.133. The van der Waals surface area contributed by atoms with Gasteiger partial charge in [0.2, 0.25) is 5.91 Å². The Morgan fingerprint density at radius 1 is 0.950 bits per heavy atom. The topological polar surface area (TPSA) is 127 Å². The zero-order chi connectivity index (χ0) is 28.7. The molecule has 0 spiro atoms. The summed E-state index contributed by atoms with van der Waals surface area (Å²) < 4.78 is 27.5. The van der Waals surface area contributed by atoms with Gasteiger partial charge in [-0.05, 0) is 79.3 Å². The van der Waals surface area contributed by atoms with Crippen molar-refractivity contribution in [2.75, 3.05) is 38.2 Å². The molecular weight excluding hydrogens is 526 g/mol. The molecule has 10 heteroatoms. The fourth-order valence-corrected chi connectivity index (χ4v) is 5.08. The number of likely N-dealkylation sites (N-methyl/N-ethyl adjacent to an activating group) is 1. The third-order valence-electron chi connectivity index (χ3n) is 6.07. The predicted molar refractivity (Wildman–Crippen MR) is 158 cm³/mol. The number of hydrogen-bond donors (Lipinski definition) is 3. The molecule has 0 saturated carbocycles. The maximum absolute atomic E-state index is 13.2. The first-order chi connectivity index (χ1) is 19.1. The first-order valence-corrected chi connectivity index (χ1v) is 14.0. The molecule has 3 aromatic carbocycles. The Balaban J connectivity index is 1.43. The summed E-state index contributed by atoms with van der Waals surface area (Å²) in [7, 11) is 0.0262. The highest BCUT2D eigenvalue weighted by molar-refractivity contribution is 7.90. The quantitative estimate of drug-likeness (QED) is 0.200. The molecule has 0 aliphatic heterocycles. The van der Waals surface area contributed by atoms with Gasteiger partial charge in [0, 0.05) is 37.1 Å². The second kappa shape index (κ2) is 12.5. The summed E-state index contributed by atoms with van der Waals surface area (Å²) in [5.41, 5.74) is 9.43. The average molecular weight is 558 g/mol. The molecule has 0 atom stereocenters. The average Bonchev–Trinajstić information content (AvgIpc) is 3.43. The van der Waals surface area contributed by atoms with Crippen molar-refractivity contribution in [1.29, 1.82) is 0 Å². The van der Waals surface area contributed by atoms with Gasteiger partial charge in [0.25, 0.3) is 15.9 Å². The van der Waals surface area contributed by atoms with Crippen LogP contribution >= 0.6 is 0 Å². The Morgan fingerprint density at radius 3 is 2.42 bits per heavy atom. The number of nitrogens with zero attached hydrogens (tertiary/aromatic N) is 2. The molecule has 0 aliphatic rings. The molecule has 0 unspecified atom stereocenters. The number of benzene rings is 3. The number of carbonyl (C=O) groups excluding carboxylic acids is 2. The summed E-state index contributed by atoms with van der Waals surface area (Å²) in [6, 6.07) is 22.2. The van der Waals surface area contributed by atoms with Crippen LogP contribution in [-0.2, 0) is 14.8 Å². The minimum Gasteiger partial charge on any atom is -0.397 e. The van der Waals surface area contributed by atoms with E-state index in [4.69, 9.17) is 5.73 Å². The van der Waals surface area contributed by atoms with Gasteiger partial charge >= 0.3 is 0 Å². The lowest BCUT2D eigenvalue weighted by atomic mass is 10.0. The minimum absolute atomic E-state index is 0.109. The number of nitrogens with one attached hydrogen (secondary N) is 2. The van der Waals surface area contributed by atoms with Gasteiger partial charge in [0.15, 0.2) is 0 Å². The van der Waals surface area contributed by atoms with Gasteiger partial charge in [-0.2, -0.15) is 0 Å². The van der Waals surface area contributed by atoms with Gasteiger partial charge in [-0.15, -0.1) is 0 Å². The molecule has 1 heterocycles. The number of hydrogen-bond acceptors (Lipinski definition) is 6. The van der Waals surface area contributed by atoms with Crippen LogP contribution in [0.25, 0.3) is 17.2 Å². The molecule has 0 aliphatic carbocycles. The lowest BCUT2D eigenvalue weighted by Gasteiger charge is -2.11. The summed E-state index contributed by atoms with van der Waals surface area (Å²) in [6.45, 7) is 1.27. The van der Waals surface area contributed by atoms with Crippen molar-refractivity contribution in [3.63, 3.8) is 0 Å². The second-order valence-corrected chi connectivity index (χ2v) is 11.2. The van der Waals surface area contributed by atoms with Crippen LogP contribution in [0.5, 0.6) is 0 Å². The normalized spacial score (nSPS) is 11.6.